The lowest BCUT2D eigenvalue weighted by Crippen LogP contribution is -2.36. The predicted molar refractivity (Wildman–Crippen MR) is 83.6 cm³/mol. The smallest absolute Gasteiger partial charge is 0.307 e. The average molecular weight is 322 g/mol. The van der Waals surface area contributed by atoms with Crippen LogP contribution in [0.4, 0.5) is 0 Å². The number of carbonyl (C=O) groups excluding carboxylic acids is 1. The van der Waals surface area contributed by atoms with E-state index in [0.29, 0.717) is 6.42 Å². The van der Waals surface area contributed by atoms with E-state index >= 15 is 0 Å². The molecule has 0 unspecified atom stereocenters. The van der Waals surface area contributed by atoms with E-state index in [1.54, 1.807) is 0 Å². The van der Waals surface area contributed by atoms with Gasteiger partial charge in [-0.15, -0.1) is 0 Å². The molecule has 0 spiro atoms. The maximum Gasteiger partial charge on any atom is 0.307 e. The van der Waals surface area contributed by atoms with Gasteiger partial charge in [-0.1, -0.05) is 58.3 Å². The van der Waals surface area contributed by atoms with Crippen molar-refractivity contribution in [3.05, 3.63) is 0 Å². The van der Waals surface area contributed by atoms with Crippen molar-refractivity contribution in [1.29, 1.82) is 0 Å². The zero-order chi connectivity index (χ0) is 16.4. The highest BCUT2D eigenvalue weighted by Gasteiger charge is 2.36. The van der Waals surface area contributed by atoms with E-state index in [4.69, 9.17) is 9.29 Å². The summed E-state index contributed by atoms with van der Waals surface area (Å²) < 4.78 is 35.7. The van der Waals surface area contributed by atoms with Gasteiger partial charge in [-0.2, -0.15) is 8.42 Å². The number of hydrogen-bond donors (Lipinski definition) is 1. The van der Waals surface area contributed by atoms with Crippen LogP contribution in [0.25, 0.3) is 0 Å². The zero-order valence-electron chi connectivity index (χ0n) is 13.6. The van der Waals surface area contributed by atoms with Crippen LogP contribution in [0.2, 0.25) is 0 Å². The Kier molecular flexibility index (Phi) is 9.86. The number of ether oxygens (including phenoxy) is 1. The van der Waals surface area contributed by atoms with Crippen molar-refractivity contribution < 1.29 is 22.5 Å². The number of carbonyl (C=O) groups is 1. The molecular weight excluding hydrogens is 292 g/mol. The van der Waals surface area contributed by atoms with Gasteiger partial charge in [-0.3, -0.25) is 9.35 Å². The van der Waals surface area contributed by atoms with E-state index < -0.39 is 21.0 Å². The average Bonchev–Trinajstić information content (AvgIpc) is 2.35. The lowest BCUT2D eigenvalue weighted by atomic mass is 10.1. The van der Waals surface area contributed by atoms with Gasteiger partial charge in [0.25, 0.3) is 0 Å². The Bertz CT molecular complexity index is 387. The molecule has 0 aliphatic rings. The third-order valence-electron chi connectivity index (χ3n) is 3.47. The van der Waals surface area contributed by atoms with Crippen molar-refractivity contribution in [2.24, 2.45) is 0 Å². The summed E-state index contributed by atoms with van der Waals surface area (Å²) in [7, 11) is -4.39. The summed E-state index contributed by atoms with van der Waals surface area (Å²) in [5.41, 5.74) is 0. The lowest BCUT2D eigenvalue weighted by molar-refractivity contribution is -0.150. The summed E-state index contributed by atoms with van der Waals surface area (Å²) >= 11 is 0. The van der Waals surface area contributed by atoms with Crippen molar-refractivity contribution in [2.45, 2.75) is 89.9 Å². The first-order valence-electron chi connectivity index (χ1n) is 7.89. The van der Waals surface area contributed by atoms with Crippen LogP contribution in [0.3, 0.4) is 0 Å². The van der Waals surface area contributed by atoms with Gasteiger partial charge >= 0.3 is 16.1 Å². The van der Waals surface area contributed by atoms with E-state index in [2.05, 4.69) is 6.92 Å². The van der Waals surface area contributed by atoms with Crippen molar-refractivity contribution >= 4 is 16.1 Å². The predicted octanol–water partition coefficient (Wildman–Crippen LogP) is 4.07. The summed E-state index contributed by atoms with van der Waals surface area (Å²) in [5.74, 6) is -0.583. The first-order valence-corrected chi connectivity index (χ1v) is 9.33. The molecule has 126 valence electrons. The first kappa shape index (κ1) is 20.4. The number of esters is 1. The van der Waals surface area contributed by atoms with Crippen molar-refractivity contribution in [2.75, 3.05) is 0 Å². The molecule has 0 bridgehead atoms. The summed E-state index contributed by atoms with van der Waals surface area (Å²) in [6.07, 6.45) is 10.4. The van der Waals surface area contributed by atoms with Gasteiger partial charge in [-0.25, -0.2) is 0 Å². The Morgan fingerprint density at radius 3 is 1.81 bits per heavy atom. The topological polar surface area (TPSA) is 80.7 Å². The molecule has 0 saturated heterocycles. The first-order chi connectivity index (χ1) is 9.70. The maximum absolute atomic E-state index is 11.5. The Morgan fingerprint density at radius 1 is 0.952 bits per heavy atom. The molecule has 0 heterocycles. The molecule has 0 aliphatic heterocycles. The second kappa shape index (κ2) is 10.2. The highest BCUT2D eigenvalue weighted by Crippen LogP contribution is 2.18. The fraction of sp³-hybridized carbons (Fsp3) is 0.933. The summed E-state index contributed by atoms with van der Waals surface area (Å²) in [6, 6.07) is 0. The van der Waals surface area contributed by atoms with E-state index in [1.807, 2.05) is 0 Å². The number of hydrogen-bond acceptors (Lipinski definition) is 4. The van der Waals surface area contributed by atoms with Crippen LogP contribution in [-0.4, -0.2) is 23.9 Å². The monoisotopic (exact) mass is 322 g/mol. The molecule has 0 aliphatic carbocycles. The molecule has 0 aromatic rings. The van der Waals surface area contributed by atoms with E-state index in [-0.39, 0.29) is 6.42 Å². The molecule has 0 radical (unpaired) electrons. The van der Waals surface area contributed by atoms with Crippen LogP contribution < -0.4 is 0 Å². The molecule has 1 N–H and O–H groups in total. The van der Waals surface area contributed by atoms with Gasteiger partial charge in [0.05, 0.1) is 0 Å². The SMILES string of the molecule is CCCCCCCCCCCC(=O)OC(C)(C)S(=O)(=O)O. The normalized spacial score (nSPS) is 12.4. The van der Waals surface area contributed by atoms with Gasteiger partial charge in [0.15, 0.2) is 0 Å². The minimum atomic E-state index is -4.39. The molecule has 0 atom stereocenters. The molecule has 21 heavy (non-hydrogen) atoms. The molecule has 0 aromatic heterocycles. The van der Waals surface area contributed by atoms with Crippen molar-refractivity contribution in [3.8, 4) is 0 Å². The Hall–Kier alpha value is -0.620. The Morgan fingerprint density at radius 2 is 1.38 bits per heavy atom. The van der Waals surface area contributed by atoms with Crippen LogP contribution in [0, 0.1) is 0 Å². The maximum atomic E-state index is 11.5. The molecule has 0 saturated carbocycles. The second-order valence-corrected chi connectivity index (χ2v) is 7.86. The van der Waals surface area contributed by atoms with Crippen LogP contribution in [0.1, 0.15) is 85.0 Å². The van der Waals surface area contributed by atoms with E-state index in [0.717, 1.165) is 26.7 Å². The fourth-order valence-electron chi connectivity index (χ4n) is 1.96. The summed E-state index contributed by atoms with van der Waals surface area (Å²) in [4.78, 5) is 9.64. The van der Waals surface area contributed by atoms with Crippen LogP contribution in [0.15, 0.2) is 0 Å². The highest BCUT2D eigenvalue weighted by atomic mass is 32.2. The lowest BCUT2D eigenvalue weighted by Gasteiger charge is -2.21. The van der Waals surface area contributed by atoms with Crippen molar-refractivity contribution in [3.63, 3.8) is 0 Å². The molecule has 0 aromatic carbocycles. The summed E-state index contributed by atoms with van der Waals surface area (Å²) in [6.45, 7) is 4.52. The quantitative estimate of drug-likeness (QED) is 0.333. The number of unbranched alkanes of at least 4 members (excludes halogenated alkanes) is 8. The van der Waals surface area contributed by atoms with E-state index in [1.165, 1.54) is 38.5 Å². The minimum Gasteiger partial charge on any atom is -0.441 e. The third-order valence-corrected chi connectivity index (χ3v) is 4.79. The third kappa shape index (κ3) is 9.85. The zero-order valence-corrected chi connectivity index (χ0v) is 14.4. The van der Waals surface area contributed by atoms with Gasteiger partial charge in [0.1, 0.15) is 0 Å². The van der Waals surface area contributed by atoms with Crippen LogP contribution in [-0.2, 0) is 19.6 Å². The number of rotatable bonds is 12. The molecule has 5 nitrogen and oxygen atoms in total. The van der Waals surface area contributed by atoms with Crippen molar-refractivity contribution in [1.82, 2.24) is 0 Å². The van der Waals surface area contributed by atoms with E-state index in [9.17, 15) is 13.2 Å². The molecule has 6 heteroatoms. The van der Waals surface area contributed by atoms with Crippen LogP contribution >= 0.6 is 0 Å². The van der Waals surface area contributed by atoms with Gasteiger partial charge in [0, 0.05) is 6.42 Å². The van der Waals surface area contributed by atoms with Crippen LogP contribution in [0.5, 0.6) is 0 Å². The minimum absolute atomic E-state index is 0.189. The Labute approximate surface area is 129 Å². The standard InChI is InChI=1S/C15H30O5S/c1-4-5-6-7-8-9-10-11-12-13-14(16)20-15(2,3)21(17,18)19/h4-13H2,1-3H3,(H,17,18,19). The molecule has 0 amide bonds. The second-order valence-electron chi connectivity index (χ2n) is 5.93. The van der Waals surface area contributed by atoms with Gasteiger partial charge in [-0.05, 0) is 20.3 Å². The molecule has 0 fully saturated rings. The molecular formula is C15H30O5S. The largest absolute Gasteiger partial charge is 0.441 e. The summed E-state index contributed by atoms with van der Waals surface area (Å²) in [5, 5.41) is 0. The fourth-order valence-corrected chi connectivity index (χ4v) is 2.16. The van der Waals surface area contributed by atoms with Gasteiger partial charge < -0.3 is 4.74 Å². The Balaban J connectivity index is 3.64. The molecule has 0 rings (SSSR count). The van der Waals surface area contributed by atoms with Gasteiger partial charge in [0.2, 0.25) is 4.93 Å². The highest BCUT2D eigenvalue weighted by molar-refractivity contribution is 7.87.